The number of anilines is 2. The Morgan fingerprint density at radius 2 is 1.38 bits per heavy atom. The highest BCUT2D eigenvalue weighted by Crippen LogP contribution is 2.55. The smallest absolute Gasteiger partial charge is 0.0563 e. The molecule has 0 radical (unpaired) electrons. The van der Waals surface area contributed by atoms with Crippen molar-refractivity contribution in [3.8, 4) is 0 Å². The predicted molar refractivity (Wildman–Crippen MR) is 161 cm³/mol. The lowest BCUT2D eigenvalue weighted by molar-refractivity contribution is 0.255. The fourth-order valence-electron chi connectivity index (χ4n) is 7.27. The van der Waals surface area contributed by atoms with Gasteiger partial charge in [0, 0.05) is 16.4 Å². The van der Waals surface area contributed by atoms with E-state index in [9.17, 15) is 0 Å². The molecule has 1 unspecified atom stereocenters. The molecule has 2 heteroatoms. The molecular weight excluding hydrogens is 470 g/mol. The molecule has 2 aromatic rings. The zero-order chi connectivity index (χ0) is 27.0. The second-order valence-electron chi connectivity index (χ2n) is 14.6. The summed E-state index contributed by atoms with van der Waals surface area (Å²) in [7, 11) is 0. The van der Waals surface area contributed by atoms with Crippen molar-refractivity contribution in [3.05, 3.63) is 81.4 Å². The standard InChI is InChI=1S/C35H46ClN/c1-23-19-24(36)21-26(20-23)37(25-13-14-27-29(22-25)34(6,7)16-15-32(27,2)3)30-12-10-11-28-31(30)35(8,9)18-17-33(28,4)5/h10-12,14,19-22,25H,13,15-18H2,1-9H3. The van der Waals surface area contributed by atoms with Gasteiger partial charge in [-0.1, -0.05) is 91.3 Å². The number of fused-ring (bicyclic) bond motifs is 2. The van der Waals surface area contributed by atoms with Gasteiger partial charge in [-0.2, -0.15) is 0 Å². The van der Waals surface area contributed by atoms with E-state index in [0.717, 1.165) is 11.4 Å². The Morgan fingerprint density at radius 1 is 0.757 bits per heavy atom. The van der Waals surface area contributed by atoms with Crippen molar-refractivity contribution >= 4 is 23.0 Å². The largest absolute Gasteiger partial charge is 0.334 e. The van der Waals surface area contributed by atoms with Gasteiger partial charge in [0.25, 0.3) is 0 Å². The van der Waals surface area contributed by atoms with E-state index in [1.165, 1.54) is 53.7 Å². The average Bonchev–Trinajstić information content (AvgIpc) is 2.80. The first-order valence-corrected chi connectivity index (χ1v) is 14.6. The summed E-state index contributed by atoms with van der Waals surface area (Å²) in [6, 6.07) is 13.8. The van der Waals surface area contributed by atoms with Gasteiger partial charge < -0.3 is 4.90 Å². The number of benzene rings is 2. The predicted octanol–water partition coefficient (Wildman–Crippen LogP) is 10.6. The summed E-state index contributed by atoms with van der Waals surface area (Å²) in [6.07, 6.45) is 11.1. The van der Waals surface area contributed by atoms with E-state index >= 15 is 0 Å². The Balaban J connectivity index is 1.75. The average molecular weight is 516 g/mol. The Labute approximate surface area is 231 Å². The topological polar surface area (TPSA) is 3.24 Å². The number of hydrogen-bond acceptors (Lipinski definition) is 1. The lowest BCUT2D eigenvalue weighted by atomic mass is 9.59. The number of rotatable bonds is 3. The normalized spacial score (nSPS) is 24.9. The molecule has 1 fully saturated rings. The summed E-state index contributed by atoms with van der Waals surface area (Å²) < 4.78 is 0. The van der Waals surface area contributed by atoms with Crippen molar-refractivity contribution in [1.82, 2.24) is 0 Å². The summed E-state index contributed by atoms with van der Waals surface area (Å²) >= 11 is 6.70. The molecule has 0 aromatic heterocycles. The van der Waals surface area contributed by atoms with Gasteiger partial charge in [0.2, 0.25) is 0 Å². The molecule has 0 heterocycles. The van der Waals surface area contributed by atoms with Crippen LogP contribution in [-0.2, 0) is 10.8 Å². The van der Waals surface area contributed by atoms with E-state index in [-0.39, 0.29) is 27.7 Å². The third-order valence-electron chi connectivity index (χ3n) is 9.77. The van der Waals surface area contributed by atoms with Crippen LogP contribution in [-0.4, -0.2) is 6.04 Å². The third kappa shape index (κ3) is 4.60. The van der Waals surface area contributed by atoms with Crippen LogP contribution in [0.3, 0.4) is 0 Å². The molecule has 0 spiro atoms. The van der Waals surface area contributed by atoms with E-state index in [4.69, 9.17) is 11.6 Å². The van der Waals surface area contributed by atoms with Crippen LogP contribution in [0.4, 0.5) is 11.4 Å². The highest BCUT2D eigenvalue weighted by atomic mass is 35.5. The molecule has 0 saturated heterocycles. The van der Waals surface area contributed by atoms with Gasteiger partial charge in [-0.15, -0.1) is 0 Å². The molecule has 0 bridgehead atoms. The van der Waals surface area contributed by atoms with Crippen molar-refractivity contribution in [2.75, 3.05) is 4.90 Å². The minimum absolute atomic E-state index is 0.113. The molecule has 0 aliphatic heterocycles. The van der Waals surface area contributed by atoms with Gasteiger partial charge in [0.1, 0.15) is 0 Å². The van der Waals surface area contributed by atoms with Crippen molar-refractivity contribution in [3.63, 3.8) is 0 Å². The number of allylic oxidation sites excluding steroid dienone is 2. The molecule has 1 atom stereocenters. The van der Waals surface area contributed by atoms with E-state index < -0.39 is 0 Å². The summed E-state index contributed by atoms with van der Waals surface area (Å²) in [4.78, 5) is 2.62. The van der Waals surface area contributed by atoms with Crippen LogP contribution >= 0.6 is 11.6 Å². The first-order chi connectivity index (χ1) is 17.1. The molecule has 37 heavy (non-hydrogen) atoms. The van der Waals surface area contributed by atoms with Crippen LogP contribution in [0, 0.1) is 17.8 Å². The Bertz CT molecular complexity index is 1270. The lowest BCUT2D eigenvalue weighted by Gasteiger charge is -2.49. The molecule has 2 aromatic carbocycles. The maximum absolute atomic E-state index is 6.70. The molecule has 5 rings (SSSR count). The molecular formula is C35H46ClN. The van der Waals surface area contributed by atoms with Crippen LogP contribution in [0.1, 0.15) is 104 Å². The van der Waals surface area contributed by atoms with Crippen LogP contribution in [0.15, 0.2) is 59.7 Å². The maximum Gasteiger partial charge on any atom is 0.0563 e. The quantitative estimate of drug-likeness (QED) is 0.392. The van der Waals surface area contributed by atoms with Gasteiger partial charge in [-0.25, -0.2) is 0 Å². The second-order valence-corrected chi connectivity index (χ2v) is 15.0. The Kier molecular flexibility index (Phi) is 6.31. The van der Waals surface area contributed by atoms with Gasteiger partial charge in [-0.3, -0.25) is 0 Å². The highest BCUT2D eigenvalue weighted by molar-refractivity contribution is 6.31. The second kappa shape index (κ2) is 8.77. The number of halogens is 1. The Morgan fingerprint density at radius 3 is 2.05 bits per heavy atom. The van der Waals surface area contributed by atoms with Crippen molar-refractivity contribution in [1.29, 1.82) is 0 Å². The maximum atomic E-state index is 6.70. The SMILES string of the molecule is Cc1cc(Cl)cc(N(c2cccc3c2C(C)(C)CCC3(C)C)C2C=C3C(=CC2)C(C)(C)CCC3(C)C)c1. The number of hydrogen-bond donors (Lipinski definition) is 0. The molecule has 3 aliphatic rings. The molecule has 1 nitrogen and oxygen atoms in total. The zero-order valence-corrected chi connectivity index (χ0v) is 25.3. The fourth-order valence-corrected chi connectivity index (χ4v) is 7.55. The molecule has 1 saturated carbocycles. The summed E-state index contributed by atoms with van der Waals surface area (Å²) in [6.45, 7) is 21.6. The molecule has 198 valence electrons. The van der Waals surface area contributed by atoms with E-state index in [1.807, 2.05) is 0 Å². The minimum Gasteiger partial charge on any atom is -0.334 e. The summed E-state index contributed by atoms with van der Waals surface area (Å²) in [5.41, 5.74) is 10.6. The van der Waals surface area contributed by atoms with Gasteiger partial charge >= 0.3 is 0 Å². The monoisotopic (exact) mass is 515 g/mol. The van der Waals surface area contributed by atoms with Gasteiger partial charge in [0.05, 0.1) is 6.04 Å². The van der Waals surface area contributed by atoms with Gasteiger partial charge in [-0.05, 0) is 113 Å². The third-order valence-corrected chi connectivity index (χ3v) is 9.98. The van der Waals surface area contributed by atoms with Crippen LogP contribution < -0.4 is 4.90 Å². The van der Waals surface area contributed by atoms with E-state index in [2.05, 4.69) is 116 Å². The summed E-state index contributed by atoms with van der Waals surface area (Å²) in [5.74, 6) is 0. The lowest BCUT2D eigenvalue weighted by Crippen LogP contribution is -2.40. The van der Waals surface area contributed by atoms with Crippen molar-refractivity contribution in [2.45, 2.75) is 111 Å². The number of aryl methyl sites for hydroxylation is 1. The molecule has 3 aliphatic carbocycles. The van der Waals surface area contributed by atoms with E-state index in [1.54, 1.807) is 11.1 Å². The van der Waals surface area contributed by atoms with Crippen molar-refractivity contribution < 1.29 is 0 Å². The molecule has 0 amide bonds. The molecule has 0 N–H and O–H groups in total. The van der Waals surface area contributed by atoms with E-state index in [0.29, 0.717) is 0 Å². The summed E-state index contributed by atoms with van der Waals surface area (Å²) in [5, 5.41) is 0.809. The van der Waals surface area contributed by atoms with Crippen molar-refractivity contribution in [2.24, 2.45) is 10.8 Å². The number of nitrogens with zero attached hydrogens (tertiary/aromatic N) is 1. The van der Waals surface area contributed by atoms with Crippen LogP contribution in [0.2, 0.25) is 5.02 Å². The van der Waals surface area contributed by atoms with Crippen LogP contribution in [0.25, 0.3) is 0 Å². The highest BCUT2D eigenvalue weighted by Gasteiger charge is 2.43. The van der Waals surface area contributed by atoms with Crippen LogP contribution in [0.5, 0.6) is 0 Å². The fraction of sp³-hybridized carbons (Fsp3) is 0.543. The minimum atomic E-state index is 0.113. The zero-order valence-electron chi connectivity index (χ0n) is 24.6. The van der Waals surface area contributed by atoms with Gasteiger partial charge in [0.15, 0.2) is 0 Å². The Hall–Kier alpha value is -1.99. The first kappa shape index (κ1) is 26.6. The first-order valence-electron chi connectivity index (χ1n) is 14.3.